The van der Waals surface area contributed by atoms with Crippen molar-refractivity contribution in [2.24, 2.45) is 0 Å². The Balaban J connectivity index is 3.39. The molecule has 98 valence electrons. The van der Waals surface area contributed by atoms with Crippen molar-refractivity contribution >= 4 is 0 Å². The van der Waals surface area contributed by atoms with Crippen molar-refractivity contribution < 1.29 is 0 Å². The van der Waals surface area contributed by atoms with Gasteiger partial charge in [0.15, 0.2) is 0 Å². The third-order valence-corrected chi connectivity index (χ3v) is 3.05. The molecule has 0 fully saturated rings. The van der Waals surface area contributed by atoms with Crippen LogP contribution >= 0.6 is 0 Å². The molecule has 0 bridgehead atoms. The largest absolute Gasteiger partial charge is 0.309 e. The van der Waals surface area contributed by atoms with Gasteiger partial charge in [0.25, 0.3) is 0 Å². The van der Waals surface area contributed by atoms with E-state index in [1.54, 1.807) is 0 Å². The van der Waals surface area contributed by atoms with E-state index in [4.69, 9.17) is 0 Å². The number of rotatable bonds is 10. The molecule has 0 amide bonds. The Morgan fingerprint density at radius 1 is 0.688 bits per heavy atom. The summed E-state index contributed by atoms with van der Waals surface area (Å²) >= 11 is 0. The Labute approximate surface area is 102 Å². The molecule has 0 atom stereocenters. The van der Waals surface area contributed by atoms with Crippen LogP contribution in [0.2, 0.25) is 0 Å². The first kappa shape index (κ1) is 15.9. The molecule has 16 heavy (non-hydrogen) atoms. The molecule has 0 rings (SSSR count). The van der Waals surface area contributed by atoms with Crippen LogP contribution in [0.25, 0.3) is 0 Å². The zero-order chi connectivity index (χ0) is 12.4. The van der Waals surface area contributed by atoms with Crippen molar-refractivity contribution in [3.05, 3.63) is 0 Å². The third kappa shape index (κ3) is 9.13. The van der Waals surface area contributed by atoms with Crippen molar-refractivity contribution in [1.29, 1.82) is 0 Å². The summed E-state index contributed by atoms with van der Waals surface area (Å²) in [6.45, 7) is 11.7. The van der Waals surface area contributed by atoms with E-state index in [1.165, 1.54) is 52.1 Å². The fourth-order valence-electron chi connectivity index (χ4n) is 1.87. The van der Waals surface area contributed by atoms with Gasteiger partial charge >= 0.3 is 0 Å². The fraction of sp³-hybridized carbons (Fsp3) is 1.00. The molecule has 0 unspecified atom stereocenters. The Bertz CT molecular complexity index is 144. The van der Waals surface area contributed by atoms with Crippen LogP contribution in [0.15, 0.2) is 0 Å². The van der Waals surface area contributed by atoms with Crippen LogP contribution in [0.5, 0.6) is 0 Å². The molecule has 0 aromatic carbocycles. The summed E-state index contributed by atoms with van der Waals surface area (Å²) in [5.74, 6) is 0. The Morgan fingerprint density at radius 2 is 1.19 bits per heavy atom. The first-order chi connectivity index (χ1) is 7.60. The average molecular weight is 229 g/mol. The monoisotopic (exact) mass is 229 g/mol. The number of hydrogen-bond donors (Lipinski definition) is 0. The molecule has 0 aliphatic rings. The quantitative estimate of drug-likeness (QED) is 0.563. The van der Waals surface area contributed by atoms with Crippen LogP contribution in [0.1, 0.15) is 26.7 Å². The minimum absolute atomic E-state index is 1.18. The molecule has 0 aromatic rings. The highest BCUT2D eigenvalue weighted by atomic mass is 15.1. The van der Waals surface area contributed by atoms with Gasteiger partial charge in [-0.1, -0.05) is 13.8 Å². The molecule has 0 spiro atoms. The molecule has 0 heterocycles. The van der Waals surface area contributed by atoms with Crippen LogP contribution in [0.4, 0.5) is 0 Å². The van der Waals surface area contributed by atoms with Crippen molar-refractivity contribution in [2.75, 3.05) is 60.4 Å². The topological polar surface area (TPSA) is 9.72 Å². The van der Waals surface area contributed by atoms with Gasteiger partial charge in [0.05, 0.1) is 0 Å². The van der Waals surface area contributed by atoms with Crippen molar-refractivity contribution in [3.63, 3.8) is 0 Å². The molecular formula is C13H31N3. The maximum absolute atomic E-state index is 2.49. The van der Waals surface area contributed by atoms with E-state index in [0.717, 1.165) is 0 Å². The van der Waals surface area contributed by atoms with E-state index >= 15 is 0 Å². The molecule has 3 nitrogen and oxygen atoms in total. The van der Waals surface area contributed by atoms with Gasteiger partial charge in [0, 0.05) is 0 Å². The summed E-state index contributed by atoms with van der Waals surface area (Å²) < 4.78 is 0. The molecule has 0 saturated carbocycles. The molecule has 0 saturated heterocycles. The van der Waals surface area contributed by atoms with Crippen LogP contribution < -0.4 is 0 Å². The highest BCUT2D eigenvalue weighted by Crippen LogP contribution is 1.95. The Hall–Kier alpha value is -0.120. The van der Waals surface area contributed by atoms with E-state index in [2.05, 4.69) is 49.7 Å². The first-order valence-electron chi connectivity index (χ1n) is 6.65. The molecule has 3 heteroatoms. The predicted octanol–water partition coefficient (Wildman–Crippen LogP) is 1.60. The lowest BCUT2D eigenvalue weighted by Crippen LogP contribution is -2.29. The third-order valence-electron chi connectivity index (χ3n) is 3.05. The van der Waals surface area contributed by atoms with Crippen LogP contribution in [-0.4, -0.2) is 75.1 Å². The smallest absolute Gasteiger partial charge is 0.000678 e. The highest BCUT2D eigenvalue weighted by molar-refractivity contribution is 4.57. The van der Waals surface area contributed by atoms with Crippen molar-refractivity contribution in [3.8, 4) is 0 Å². The zero-order valence-electron chi connectivity index (χ0n) is 12.0. The van der Waals surface area contributed by atoms with Crippen molar-refractivity contribution in [2.45, 2.75) is 26.7 Å². The summed E-state index contributed by atoms with van der Waals surface area (Å²) in [4.78, 5) is 7.20. The second-order valence-corrected chi connectivity index (χ2v) is 4.84. The Kier molecular flexibility index (Phi) is 9.99. The zero-order valence-corrected chi connectivity index (χ0v) is 12.0. The standard InChI is InChI=1S/C13H31N3/c1-6-16(7-2)13-9-12-15(5)11-8-10-14(3)4/h6-13H2,1-5H3. The fourth-order valence-corrected chi connectivity index (χ4v) is 1.87. The molecule has 0 N–H and O–H groups in total. The molecular weight excluding hydrogens is 198 g/mol. The van der Waals surface area contributed by atoms with Crippen LogP contribution in [0, 0.1) is 0 Å². The number of nitrogens with zero attached hydrogens (tertiary/aromatic N) is 3. The second-order valence-electron chi connectivity index (χ2n) is 4.84. The normalized spacial score (nSPS) is 12.0. The van der Waals surface area contributed by atoms with Gasteiger partial charge in [0.2, 0.25) is 0 Å². The van der Waals surface area contributed by atoms with Crippen LogP contribution in [-0.2, 0) is 0 Å². The van der Waals surface area contributed by atoms with Gasteiger partial charge in [0.1, 0.15) is 0 Å². The lowest BCUT2D eigenvalue weighted by Gasteiger charge is -2.21. The average Bonchev–Trinajstić information content (AvgIpc) is 2.24. The van der Waals surface area contributed by atoms with E-state index < -0.39 is 0 Å². The highest BCUT2D eigenvalue weighted by Gasteiger charge is 2.01. The molecule has 0 radical (unpaired) electrons. The predicted molar refractivity (Wildman–Crippen MR) is 73.1 cm³/mol. The SMILES string of the molecule is CCN(CC)CCCN(C)CCCN(C)C. The maximum atomic E-state index is 2.49. The summed E-state index contributed by atoms with van der Waals surface area (Å²) in [5, 5.41) is 0. The summed E-state index contributed by atoms with van der Waals surface area (Å²) in [7, 11) is 6.51. The summed E-state index contributed by atoms with van der Waals surface area (Å²) in [5.41, 5.74) is 0. The van der Waals surface area contributed by atoms with E-state index in [0.29, 0.717) is 0 Å². The molecule has 0 aromatic heterocycles. The van der Waals surface area contributed by atoms with Gasteiger partial charge in [-0.25, -0.2) is 0 Å². The van der Waals surface area contributed by atoms with Crippen molar-refractivity contribution in [1.82, 2.24) is 14.7 Å². The second kappa shape index (κ2) is 10.1. The summed E-state index contributed by atoms with van der Waals surface area (Å²) in [6.07, 6.45) is 2.56. The minimum atomic E-state index is 1.18. The van der Waals surface area contributed by atoms with Gasteiger partial charge < -0.3 is 14.7 Å². The van der Waals surface area contributed by atoms with E-state index in [9.17, 15) is 0 Å². The molecule has 0 aliphatic heterocycles. The van der Waals surface area contributed by atoms with Gasteiger partial charge in [-0.15, -0.1) is 0 Å². The lowest BCUT2D eigenvalue weighted by atomic mass is 10.3. The Morgan fingerprint density at radius 3 is 1.62 bits per heavy atom. The van der Waals surface area contributed by atoms with Gasteiger partial charge in [-0.3, -0.25) is 0 Å². The van der Waals surface area contributed by atoms with Gasteiger partial charge in [-0.2, -0.15) is 0 Å². The van der Waals surface area contributed by atoms with Crippen LogP contribution in [0.3, 0.4) is 0 Å². The first-order valence-corrected chi connectivity index (χ1v) is 6.65. The number of hydrogen-bond acceptors (Lipinski definition) is 3. The van der Waals surface area contributed by atoms with Gasteiger partial charge in [-0.05, 0) is 73.3 Å². The summed E-state index contributed by atoms with van der Waals surface area (Å²) in [6, 6.07) is 0. The lowest BCUT2D eigenvalue weighted by molar-refractivity contribution is 0.255. The van der Waals surface area contributed by atoms with E-state index in [1.807, 2.05) is 0 Å². The maximum Gasteiger partial charge on any atom is -0.000678 e. The molecule has 0 aliphatic carbocycles. The van der Waals surface area contributed by atoms with E-state index in [-0.39, 0.29) is 0 Å². The minimum Gasteiger partial charge on any atom is -0.309 e.